The number of hydrogen-bond donors (Lipinski definition) is 2. The van der Waals surface area contributed by atoms with Crippen molar-refractivity contribution < 1.29 is 24.6 Å². The van der Waals surface area contributed by atoms with Crippen molar-refractivity contribution in [3.8, 4) is 11.5 Å². The van der Waals surface area contributed by atoms with Crippen LogP contribution >= 0.6 is 0 Å². The summed E-state index contributed by atoms with van der Waals surface area (Å²) in [4.78, 5) is 30.6. The molecular weight excluding hydrogens is 356 g/mol. The minimum atomic E-state index is -0.784. The van der Waals surface area contributed by atoms with Crippen molar-refractivity contribution >= 4 is 12.0 Å². The second kappa shape index (κ2) is 10.3. The third-order valence-corrected chi connectivity index (χ3v) is 4.18. The molecule has 0 bridgehead atoms. The Balaban J connectivity index is 1.68. The van der Waals surface area contributed by atoms with Gasteiger partial charge in [0.25, 0.3) is 5.09 Å². The van der Waals surface area contributed by atoms with Gasteiger partial charge in [0.2, 0.25) is 5.91 Å². The lowest BCUT2D eigenvalue weighted by molar-refractivity contribution is -0.757. The van der Waals surface area contributed by atoms with Crippen LogP contribution in [0, 0.1) is 10.1 Å². The molecule has 0 radical (unpaired) electrons. The van der Waals surface area contributed by atoms with Gasteiger partial charge in [-0.2, -0.15) is 0 Å². The highest BCUT2D eigenvalue weighted by Crippen LogP contribution is 2.26. The number of hydrogen-bond acceptors (Lipinski definition) is 8. The molecular formula is C17H24N4O6. The normalized spacial score (nSPS) is 15.6. The van der Waals surface area contributed by atoms with Crippen molar-refractivity contribution in [3.05, 3.63) is 40.0 Å². The van der Waals surface area contributed by atoms with Crippen molar-refractivity contribution in [2.45, 2.75) is 0 Å². The van der Waals surface area contributed by atoms with Crippen LogP contribution in [0.1, 0.15) is 5.56 Å². The maximum atomic E-state index is 12.0. The molecule has 1 aliphatic heterocycles. The summed E-state index contributed by atoms with van der Waals surface area (Å²) < 4.78 is 5.03. The van der Waals surface area contributed by atoms with Crippen LogP contribution in [0.5, 0.6) is 11.5 Å². The van der Waals surface area contributed by atoms with Crippen molar-refractivity contribution in [1.82, 2.24) is 15.1 Å². The van der Waals surface area contributed by atoms with E-state index in [0.717, 1.165) is 31.7 Å². The van der Waals surface area contributed by atoms with Gasteiger partial charge >= 0.3 is 0 Å². The molecule has 10 heteroatoms. The first-order valence-corrected chi connectivity index (χ1v) is 8.53. The fourth-order valence-corrected chi connectivity index (χ4v) is 2.63. The number of amides is 1. The van der Waals surface area contributed by atoms with Crippen LogP contribution in [0.4, 0.5) is 0 Å². The molecule has 1 fully saturated rings. The Labute approximate surface area is 157 Å². The number of phenolic OH excluding ortho intramolecular Hbond substituents is 1. The van der Waals surface area contributed by atoms with Crippen LogP contribution < -0.4 is 10.1 Å². The first-order chi connectivity index (χ1) is 13.0. The van der Waals surface area contributed by atoms with Gasteiger partial charge in [-0.1, -0.05) is 6.07 Å². The van der Waals surface area contributed by atoms with Gasteiger partial charge in [0.1, 0.15) is 6.61 Å². The number of ether oxygens (including phenoxy) is 1. The van der Waals surface area contributed by atoms with E-state index in [4.69, 9.17) is 4.74 Å². The van der Waals surface area contributed by atoms with E-state index < -0.39 is 5.09 Å². The summed E-state index contributed by atoms with van der Waals surface area (Å²) in [5.74, 6) is 0.172. The number of phenols is 1. The van der Waals surface area contributed by atoms with E-state index in [2.05, 4.69) is 20.0 Å². The average Bonchev–Trinajstić information content (AvgIpc) is 2.66. The molecule has 2 rings (SSSR count). The second-order valence-corrected chi connectivity index (χ2v) is 5.98. The first-order valence-electron chi connectivity index (χ1n) is 8.53. The highest BCUT2D eigenvalue weighted by Gasteiger charge is 2.16. The van der Waals surface area contributed by atoms with Gasteiger partial charge < -0.3 is 20.0 Å². The molecule has 1 aromatic rings. The molecule has 0 aliphatic carbocycles. The maximum absolute atomic E-state index is 12.0. The van der Waals surface area contributed by atoms with E-state index >= 15 is 0 Å². The molecule has 1 heterocycles. The monoisotopic (exact) mass is 380 g/mol. The van der Waals surface area contributed by atoms with Gasteiger partial charge in [0.05, 0.1) is 13.8 Å². The lowest BCUT2D eigenvalue weighted by Crippen LogP contribution is -2.50. The SMILES string of the molecule is COc1cc(/C=C/C(=O)NCN2CCN(CCO[N+](=O)[O-])CC2)ccc1O. The summed E-state index contributed by atoms with van der Waals surface area (Å²) in [6, 6.07) is 4.83. The fraction of sp³-hybridized carbons (Fsp3) is 0.471. The Bertz CT molecular complexity index is 673. The molecule has 2 N–H and O–H groups in total. The molecule has 0 unspecified atom stereocenters. The second-order valence-electron chi connectivity index (χ2n) is 5.98. The summed E-state index contributed by atoms with van der Waals surface area (Å²) in [6.45, 7) is 4.06. The molecule has 148 valence electrons. The van der Waals surface area contributed by atoms with Gasteiger partial charge in [-0.3, -0.25) is 14.6 Å². The van der Waals surface area contributed by atoms with Crippen molar-refractivity contribution in [2.75, 3.05) is 53.1 Å². The summed E-state index contributed by atoms with van der Waals surface area (Å²) in [5.41, 5.74) is 0.741. The molecule has 0 spiro atoms. The topological polar surface area (TPSA) is 117 Å². The van der Waals surface area contributed by atoms with Crippen LogP contribution in [-0.4, -0.2) is 79.0 Å². The molecule has 1 amide bonds. The largest absolute Gasteiger partial charge is 0.504 e. The zero-order valence-electron chi connectivity index (χ0n) is 15.2. The predicted octanol–water partition coefficient (Wildman–Crippen LogP) is 0.314. The van der Waals surface area contributed by atoms with Crippen LogP contribution in [-0.2, 0) is 9.63 Å². The minimum absolute atomic E-state index is 0.0446. The quantitative estimate of drug-likeness (QED) is 0.357. The Kier molecular flexibility index (Phi) is 7.83. The standard InChI is InChI=1S/C17H24N4O6/c1-26-16-12-14(2-4-15(16)22)3-5-17(23)18-13-20-8-6-19(7-9-20)10-11-27-21(24)25/h2-5,12,22H,6-11,13H2,1H3,(H,18,23)/b5-3+. The van der Waals surface area contributed by atoms with E-state index in [-0.39, 0.29) is 18.3 Å². The van der Waals surface area contributed by atoms with Crippen LogP contribution in [0.15, 0.2) is 24.3 Å². The summed E-state index contributed by atoms with van der Waals surface area (Å²) >= 11 is 0. The molecule has 1 saturated heterocycles. The van der Waals surface area contributed by atoms with Gasteiger partial charge in [-0.15, -0.1) is 10.1 Å². The number of nitrogens with one attached hydrogen (secondary N) is 1. The van der Waals surface area contributed by atoms with Crippen molar-refractivity contribution in [3.63, 3.8) is 0 Å². The molecule has 0 saturated carbocycles. The van der Waals surface area contributed by atoms with Crippen molar-refractivity contribution in [1.29, 1.82) is 0 Å². The number of carbonyl (C=O) groups is 1. The number of benzene rings is 1. The molecule has 0 aromatic heterocycles. The number of piperazine rings is 1. The maximum Gasteiger partial charge on any atom is 0.294 e. The van der Waals surface area contributed by atoms with E-state index in [9.17, 15) is 20.0 Å². The van der Waals surface area contributed by atoms with Crippen molar-refractivity contribution in [2.24, 2.45) is 0 Å². The van der Waals surface area contributed by atoms with Gasteiger partial charge in [0, 0.05) is 38.8 Å². The smallest absolute Gasteiger partial charge is 0.294 e. The predicted molar refractivity (Wildman–Crippen MR) is 97.7 cm³/mol. The zero-order chi connectivity index (χ0) is 19.6. The van der Waals surface area contributed by atoms with Gasteiger partial charge in [-0.25, -0.2) is 0 Å². The average molecular weight is 380 g/mol. The van der Waals surface area contributed by atoms with E-state index in [1.165, 1.54) is 19.3 Å². The van der Waals surface area contributed by atoms with E-state index in [0.29, 0.717) is 19.0 Å². The third-order valence-electron chi connectivity index (χ3n) is 4.18. The number of carbonyl (C=O) groups excluding carboxylic acids is 1. The molecule has 1 aromatic carbocycles. The first kappa shape index (κ1) is 20.5. The minimum Gasteiger partial charge on any atom is -0.504 e. The number of aromatic hydroxyl groups is 1. The lowest BCUT2D eigenvalue weighted by Gasteiger charge is -2.34. The number of rotatable bonds is 9. The number of methoxy groups -OCH3 is 1. The van der Waals surface area contributed by atoms with E-state index in [1.54, 1.807) is 18.2 Å². The molecule has 1 aliphatic rings. The third kappa shape index (κ3) is 7.12. The van der Waals surface area contributed by atoms with Crippen LogP contribution in [0.25, 0.3) is 6.08 Å². The summed E-state index contributed by atoms with van der Waals surface area (Å²) in [5, 5.41) is 21.7. The zero-order valence-corrected chi connectivity index (χ0v) is 15.2. The molecule has 0 atom stereocenters. The Morgan fingerprint density at radius 2 is 2.04 bits per heavy atom. The Hall–Kier alpha value is -2.85. The molecule has 27 heavy (non-hydrogen) atoms. The summed E-state index contributed by atoms with van der Waals surface area (Å²) in [7, 11) is 1.46. The van der Waals surface area contributed by atoms with Gasteiger partial charge in [-0.05, 0) is 23.8 Å². The molecule has 10 nitrogen and oxygen atoms in total. The Morgan fingerprint density at radius 3 is 2.70 bits per heavy atom. The highest BCUT2D eigenvalue weighted by molar-refractivity contribution is 5.91. The van der Waals surface area contributed by atoms with E-state index in [1.807, 2.05) is 0 Å². The van der Waals surface area contributed by atoms with Crippen LogP contribution in [0.2, 0.25) is 0 Å². The van der Waals surface area contributed by atoms with Gasteiger partial charge in [0.15, 0.2) is 11.5 Å². The highest BCUT2D eigenvalue weighted by atomic mass is 16.9. The summed E-state index contributed by atoms with van der Waals surface area (Å²) in [6.07, 6.45) is 3.07. The number of nitrogens with zero attached hydrogens (tertiary/aromatic N) is 3. The Morgan fingerprint density at radius 1 is 1.33 bits per heavy atom. The fourth-order valence-electron chi connectivity index (χ4n) is 2.63. The lowest BCUT2D eigenvalue weighted by atomic mass is 10.2. The van der Waals surface area contributed by atoms with Crippen LogP contribution in [0.3, 0.4) is 0 Å².